The Morgan fingerprint density at radius 1 is 1.32 bits per heavy atom. The molecule has 0 amide bonds. The van der Waals surface area contributed by atoms with E-state index in [0.29, 0.717) is 6.54 Å². The van der Waals surface area contributed by atoms with Crippen molar-refractivity contribution in [3.63, 3.8) is 0 Å². The first-order valence-electron chi connectivity index (χ1n) is 7.61. The normalized spacial score (nSPS) is 14.3. The van der Waals surface area contributed by atoms with Crippen molar-refractivity contribution in [1.29, 1.82) is 0 Å². The molecule has 1 aromatic rings. The second kappa shape index (κ2) is 7.73. The number of aliphatic imine (C=N–C) groups is 1. The topological polar surface area (TPSA) is 46.1 Å². The molecule has 22 heavy (non-hydrogen) atoms. The number of hydrogen-bond acceptors (Lipinski definition) is 3. The van der Waals surface area contributed by atoms with Crippen molar-refractivity contribution >= 4 is 5.96 Å². The molecule has 0 aliphatic carbocycles. The van der Waals surface area contributed by atoms with Gasteiger partial charge < -0.3 is 19.7 Å². The summed E-state index contributed by atoms with van der Waals surface area (Å²) in [5.74, 6) is 2.50. The van der Waals surface area contributed by atoms with Crippen LogP contribution < -0.4 is 14.8 Å². The van der Waals surface area contributed by atoms with Gasteiger partial charge in [0.15, 0.2) is 17.5 Å². The Kier molecular flexibility index (Phi) is 5.69. The lowest BCUT2D eigenvalue weighted by Crippen LogP contribution is -2.44. The van der Waals surface area contributed by atoms with Gasteiger partial charge in [-0.15, -0.1) is 6.58 Å². The highest BCUT2D eigenvalue weighted by Gasteiger charge is 2.21. The molecular weight excluding hydrogens is 278 g/mol. The lowest BCUT2D eigenvalue weighted by Gasteiger charge is -2.32. The van der Waals surface area contributed by atoms with Crippen LogP contribution in [0.1, 0.15) is 18.1 Å². The highest BCUT2D eigenvalue weighted by Crippen LogP contribution is 2.33. The van der Waals surface area contributed by atoms with Crippen molar-refractivity contribution < 1.29 is 9.47 Å². The SMILES string of the molecule is C=CCN=C(NCC)N1CCc2cc(OC)c(OC)cc2C1. The van der Waals surface area contributed by atoms with Crippen LogP contribution in [0.4, 0.5) is 0 Å². The van der Waals surface area contributed by atoms with Crippen molar-refractivity contribution in [1.82, 2.24) is 10.2 Å². The third-order valence-corrected chi connectivity index (χ3v) is 3.72. The second-order valence-electron chi connectivity index (χ2n) is 5.13. The van der Waals surface area contributed by atoms with Crippen molar-refractivity contribution in [3.8, 4) is 11.5 Å². The maximum atomic E-state index is 5.41. The summed E-state index contributed by atoms with van der Waals surface area (Å²) in [5.41, 5.74) is 2.57. The molecule has 1 N–H and O–H groups in total. The van der Waals surface area contributed by atoms with Gasteiger partial charge in [-0.2, -0.15) is 0 Å². The lowest BCUT2D eigenvalue weighted by molar-refractivity contribution is 0.346. The Morgan fingerprint density at radius 2 is 2.00 bits per heavy atom. The molecular formula is C17H25N3O2. The molecule has 0 saturated carbocycles. The molecule has 0 aromatic heterocycles. The summed E-state index contributed by atoms with van der Waals surface area (Å²) in [6, 6.07) is 4.15. The minimum Gasteiger partial charge on any atom is -0.493 e. The molecule has 0 atom stereocenters. The van der Waals surface area contributed by atoms with Crippen LogP contribution in [0, 0.1) is 0 Å². The van der Waals surface area contributed by atoms with Crippen molar-refractivity contribution in [2.45, 2.75) is 19.9 Å². The van der Waals surface area contributed by atoms with Gasteiger partial charge in [-0.1, -0.05) is 6.08 Å². The largest absolute Gasteiger partial charge is 0.493 e. The van der Waals surface area contributed by atoms with Crippen molar-refractivity contribution in [2.24, 2.45) is 4.99 Å². The number of hydrogen-bond donors (Lipinski definition) is 1. The number of ether oxygens (including phenoxy) is 2. The van der Waals surface area contributed by atoms with Crippen LogP contribution in [0.2, 0.25) is 0 Å². The van der Waals surface area contributed by atoms with Gasteiger partial charge in [-0.3, -0.25) is 0 Å². The van der Waals surface area contributed by atoms with E-state index in [-0.39, 0.29) is 0 Å². The zero-order valence-corrected chi connectivity index (χ0v) is 13.7. The van der Waals surface area contributed by atoms with E-state index in [2.05, 4.69) is 40.8 Å². The van der Waals surface area contributed by atoms with E-state index in [0.717, 1.165) is 43.5 Å². The van der Waals surface area contributed by atoms with Crippen LogP contribution in [0.15, 0.2) is 29.8 Å². The molecule has 0 bridgehead atoms. The molecule has 1 aliphatic rings. The molecule has 1 heterocycles. The molecule has 5 nitrogen and oxygen atoms in total. The Balaban J connectivity index is 2.24. The summed E-state index contributed by atoms with van der Waals surface area (Å²) < 4.78 is 10.8. The van der Waals surface area contributed by atoms with E-state index in [9.17, 15) is 0 Å². The lowest BCUT2D eigenvalue weighted by atomic mass is 9.99. The quantitative estimate of drug-likeness (QED) is 0.515. The molecule has 0 saturated heterocycles. The third-order valence-electron chi connectivity index (χ3n) is 3.72. The van der Waals surface area contributed by atoms with Gasteiger partial charge in [0.1, 0.15) is 0 Å². The average Bonchev–Trinajstić information content (AvgIpc) is 2.56. The molecule has 0 spiro atoms. The van der Waals surface area contributed by atoms with Gasteiger partial charge in [0.05, 0.1) is 20.8 Å². The van der Waals surface area contributed by atoms with Gasteiger partial charge in [0.2, 0.25) is 0 Å². The zero-order chi connectivity index (χ0) is 15.9. The fraction of sp³-hybridized carbons (Fsp3) is 0.471. The second-order valence-corrected chi connectivity index (χ2v) is 5.13. The highest BCUT2D eigenvalue weighted by molar-refractivity contribution is 5.80. The molecule has 120 valence electrons. The van der Waals surface area contributed by atoms with E-state index in [1.807, 2.05) is 6.08 Å². The zero-order valence-electron chi connectivity index (χ0n) is 13.7. The van der Waals surface area contributed by atoms with E-state index in [1.54, 1.807) is 14.2 Å². The maximum absolute atomic E-state index is 5.41. The minimum atomic E-state index is 0.623. The first-order valence-corrected chi connectivity index (χ1v) is 7.61. The average molecular weight is 303 g/mol. The fourth-order valence-electron chi connectivity index (χ4n) is 2.64. The monoisotopic (exact) mass is 303 g/mol. The van der Waals surface area contributed by atoms with Gasteiger partial charge in [-0.05, 0) is 36.6 Å². The maximum Gasteiger partial charge on any atom is 0.194 e. The Hall–Kier alpha value is -2.17. The molecule has 1 aliphatic heterocycles. The first-order chi connectivity index (χ1) is 10.7. The fourth-order valence-corrected chi connectivity index (χ4v) is 2.64. The Morgan fingerprint density at radius 3 is 2.59 bits per heavy atom. The predicted octanol–water partition coefficient (Wildman–Crippen LogP) is 2.21. The van der Waals surface area contributed by atoms with Gasteiger partial charge >= 0.3 is 0 Å². The molecule has 5 heteroatoms. The highest BCUT2D eigenvalue weighted by atomic mass is 16.5. The number of nitrogens with one attached hydrogen (secondary N) is 1. The summed E-state index contributed by atoms with van der Waals surface area (Å²) in [4.78, 5) is 6.83. The number of nitrogens with zero attached hydrogens (tertiary/aromatic N) is 2. The molecule has 0 radical (unpaired) electrons. The number of guanidine groups is 1. The van der Waals surface area contributed by atoms with E-state index < -0.39 is 0 Å². The van der Waals surface area contributed by atoms with E-state index >= 15 is 0 Å². The summed E-state index contributed by atoms with van der Waals surface area (Å²) in [7, 11) is 3.34. The summed E-state index contributed by atoms with van der Waals surface area (Å²) in [6.07, 6.45) is 2.78. The number of fused-ring (bicyclic) bond motifs is 1. The first kappa shape index (κ1) is 16.2. The Bertz CT molecular complexity index is 555. The molecule has 1 aromatic carbocycles. The smallest absolute Gasteiger partial charge is 0.194 e. The van der Waals surface area contributed by atoms with E-state index in [1.165, 1.54) is 11.1 Å². The van der Waals surface area contributed by atoms with Gasteiger partial charge in [0.25, 0.3) is 0 Å². The van der Waals surface area contributed by atoms with Crippen LogP contribution in [0.5, 0.6) is 11.5 Å². The molecule has 2 rings (SSSR count). The standard InChI is InChI=1S/C17H25N3O2/c1-5-8-19-17(18-6-2)20-9-7-13-10-15(21-3)16(22-4)11-14(13)12-20/h5,10-11H,1,6-9,12H2,2-4H3,(H,18,19). The van der Waals surface area contributed by atoms with Gasteiger partial charge in [-0.25, -0.2) is 4.99 Å². The Labute approximate surface area is 132 Å². The number of methoxy groups -OCH3 is 2. The summed E-state index contributed by atoms with van der Waals surface area (Å²) >= 11 is 0. The van der Waals surface area contributed by atoms with Crippen molar-refractivity contribution in [3.05, 3.63) is 35.9 Å². The van der Waals surface area contributed by atoms with Crippen molar-refractivity contribution in [2.75, 3.05) is 33.9 Å². The van der Waals surface area contributed by atoms with Gasteiger partial charge in [0, 0.05) is 19.6 Å². The van der Waals surface area contributed by atoms with Crippen LogP contribution >= 0.6 is 0 Å². The van der Waals surface area contributed by atoms with Crippen LogP contribution in [-0.2, 0) is 13.0 Å². The third kappa shape index (κ3) is 3.53. The summed E-state index contributed by atoms with van der Waals surface area (Å²) in [6.45, 7) is 9.04. The summed E-state index contributed by atoms with van der Waals surface area (Å²) in [5, 5.41) is 3.34. The molecule has 0 unspecified atom stereocenters. The van der Waals surface area contributed by atoms with Crippen LogP contribution in [-0.4, -0.2) is 44.7 Å². The van der Waals surface area contributed by atoms with Crippen LogP contribution in [0.3, 0.4) is 0 Å². The minimum absolute atomic E-state index is 0.623. The predicted molar refractivity (Wildman–Crippen MR) is 89.8 cm³/mol. The van der Waals surface area contributed by atoms with E-state index in [4.69, 9.17) is 9.47 Å². The number of rotatable bonds is 5. The van der Waals surface area contributed by atoms with Crippen LogP contribution in [0.25, 0.3) is 0 Å². The number of benzene rings is 1. The molecule has 0 fully saturated rings.